The van der Waals surface area contributed by atoms with Crippen LogP contribution in [0.1, 0.15) is 27.7 Å². The Labute approximate surface area is 81.5 Å². The topological polar surface area (TPSA) is 29.3 Å². The SMILES string of the molecule is CC1(CN)[C@@H]2CN(C(C)(C)C)C[C@@H]21. The lowest BCUT2D eigenvalue weighted by Crippen LogP contribution is -2.43. The van der Waals surface area contributed by atoms with Gasteiger partial charge in [-0.1, -0.05) is 6.92 Å². The van der Waals surface area contributed by atoms with Crippen LogP contribution in [0, 0.1) is 17.3 Å². The Morgan fingerprint density at radius 3 is 2.08 bits per heavy atom. The van der Waals surface area contributed by atoms with E-state index in [9.17, 15) is 0 Å². The number of fused-ring (bicyclic) bond motifs is 1. The molecule has 0 aromatic heterocycles. The van der Waals surface area contributed by atoms with Gasteiger partial charge >= 0.3 is 0 Å². The molecule has 0 aromatic rings. The summed E-state index contributed by atoms with van der Waals surface area (Å²) in [6, 6.07) is 0. The van der Waals surface area contributed by atoms with E-state index in [1.807, 2.05) is 0 Å². The van der Waals surface area contributed by atoms with E-state index in [2.05, 4.69) is 32.6 Å². The highest BCUT2D eigenvalue weighted by atomic mass is 15.2. The Bertz CT molecular complexity index is 205. The van der Waals surface area contributed by atoms with E-state index in [0.29, 0.717) is 11.0 Å². The molecule has 1 saturated heterocycles. The number of hydrogen-bond acceptors (Lipinski definition) is 2. The minimum atomic E-state index is 0.350. The average molecular weight is 182 g/mol. The zero-order valence-electron chi connectivity index (χ0n) is 9.30. The summed E-state index contributed by atoms with van der Waals surface area (Å²) in [4.78, 5) is 2.60. The highest BCUT2D eigenvalue weighted by Gasteiger charge is 2.64. The summed E-state index contributed by atoms with van der Waals surface area (Å²) in [6.45, 7) is 12.7. The minimum absolute atomic E-state index is 0.350. The van der Waals surface area contributed by atoms with E-state index in [1.54, 1.807) is 0 Å². The number of piperidine rings is 1. The van der Waals surface area contributed by atoms with Gasteiger partial charge in [-0.25, -0.2) is 0 Å². The van der Waals surface area contributed by atoms with E-state index < -0.39 is 0 Å². The predicted molar refractivity (Wildman–Crippen MR) is 55.5 cm³/mol. The molecule has 13 heavy (non-hydrogen) atoms. The maximum absolute atomic E-state index is 5.79. The summed E-state index contributed by atoms with van der Waals surface area (Å²) in [5.74, 6) is 1.77. The molecule has 1 heterocycles. The number of hydrogen-bond donors (Lipinski definition) is 1. The van der Waals surface area contributed by atoms with Crippen molar-refractivity contribution in [2.75, 3.05) is 19.6 Å². The molecule has 1 aliphatic heterocycles. The van der Waals surface area contributed by atoms with Crippen molar-refractivity contribution in [2.45, 2.75) is 33.2 Å². The van der Waals surface area contributed by atoms with Gasteiger partial charge in [0, 0.05) is 18.6 Å². The van der Waals surface area contributed by atoms with Crippen LogP contribution in [-0.2, 0) is 0 Å². The van der Waals surface area contributed by atoms with Crippen LogP contribution < -0.4 is 5.73 Å². The molecule has 2 heteroatoms. The van der Waals surface area contributed by atoms with Crippen LogP contribution in [0.4, 0.5) is 0 Å². The van der Waals surface area contributed by atoms with Crippen LogP contribution in [0.15, 0.2) is 0 Å². The molecule has 76 valence electrons. The van der Waals surface area contributed by atoms with Crippen molar-refractivity contribution in [1.29, 1.82) is 0 Å². The van der Waals surface area contributed by atoms with Gasteiger partial charge in [-0.3, -0.25) is 4.90 Å². The second-order valence-corrected chi connectivity index (χ2v) is 6.00. The molecule has 0 aromatic carbocycles. The highest BCUT2D eigenvalue weighted by molar-refractivity contribution is 5.15. The molecule has 0 spiro atoms. The van der Waals surface area contributed by atoms with E-state index in [0.717, 1.165) is 18.4 Å². The molecule has 0 radical (unpaired) electrons. The summed E-state index contributed by atoms with van der Waals surface area (Å²) < 4.78 is 0. The molecule has 2 N–H and O–H groups in total. The third kappa shape index (κ3) is 1.23. The molecule has 2 fully saturated rings. The van der Waals surface area contributed by atoms with Gasteiger partial charge in [0.05, 0.1) is 0 Å². The van der Waals surface area contributed by atoms with Gasteiger partial charge in [-0.05, 0) is 44.6 Å². The van der Waals surface area contributed by atoms with Gasteiger partial charge in [-0.15, -0.1) is 0 Å². The Morgan fingerprint density at radius 1 is 1.31 bits per heavy atom. The van der Waals surface area contributed by atoms with Crippen LogP contribution in [0.25, 0.3) is 0 Å². The van der Waals surface area contributed by atoms with Gasteiger partial charge in [0.2, 0.25) is 0 Å². The standard InChI is InChI=1S/C11H22N2/c1-10(2,3)13-5-8-9(6-13)11(8,4)7-12/h8-9H,5-7,12H2,1-4H3/t8-,9+,11?. The summed E-state index contributed by atoms with van der Waals surface area (Å²) in [6.07, 6.45) is 0. The molecule has 2 aliphatic rings. The second-order valence-electron chi connectivity index (χ2n) is 6.00. The van der Waals surface area contributed by atoms with E-state index in [4.69, 9.17) is 5.73 Å². The van der Waals surface area contributed by atoms with Crippen molar-refractivity contribution >= 4 is 0 Å². The lowest BCUT2D eigenvalue weighted by atomic mass is 9.99. The first-order valence-electron chi connectivity index (χ1n) is 5.35. The maximum atomic E-state index is 5.79. The summed E-state index contributed by atoms with van der Waals surface area (Å²) in [5.41, 5.74) is 6.63. The number of nitrogens with two attached hydrogens (primary N) is 1. The zero-order valence-corrected chi connectivity index (χ0v) is 9.30. The Morgan fingerprint density at radius 2 is 1.77 bits per heavy atom. The molecule has 0 bridgehead atoms. The fourth-order valence-corrected chi connectivity index (χ4v) is 2.84. The van der Waals surface area contributed by atoms with E-state index >= 15 is 0 Å². The maximum Gasteiger partial charge on any atom is 0.0125 e. The number of likely N-dealkylation sites (tertiary alicyclic amines) is 1. The summed E-state index contributed by atoms with van der Waals surface area (Å²) >= 11 is 0. The minimum Gasteiger partial charge on any atom is -0.330 e. The van der Waals surface area contributed by atoms with E-state index in [1.165, 1.54) is 13.1 Å². The Balaban J connectivity index is 1.97. The van der Waals surface area contributed by atoms with Crippen molar-refractivity contribution in [1.82, 2.24) is 4.90 Å². The van der Waals surface area contributed by atoms with Crippen LogP contribution in [-0.4, -0.2) is 30.1 Å². The van der Waals surface area contributed by atoms with Crippen molar-refractivity contribution in [2.24, 2.45) is 23.0 Å². The molecule has 1 unspecified atom stereocenters. The van der Waals surface area contributed by atoms with Gasteiger partial charge in [0.25, 0.3) is 0 Å². The molecule has 3 atom stereocenters. The van der Waals surface area contributed by atoms with Gasteiger partial charge in [-0.2, -0.15) is 0 Å². The number of nitrogens with zero attached hydrogens (tertiary/aromatic N) is 1. The fraction of sp³-hybridized carbons (Fsp3) is 1.00. The Hall–Kier alpha value is -0.0800. The Kier molecular flexibility index (Phi) is 1.81. The van der Waals surface area contributed by atoms with Gasteiger partial charge in [0.15, 0.2) is 0 Å². The molecular weight excluding hydrogens is 160 g/mol. The molecular formula is C11H22N2. The zero-order chi connectivity index (χ0) is 9.85. The lowest BCUT2D eigenvalue weighted by Gasteiger charge is -2.35. The van der Waals surface area contributed by atoms with Crippen molar-refractivity contribution < 1.29 is 0 Å². The third-order valence-corrected chi connectivity index (χ3v) is 4.29. The molecule has 2 rings (SSSR count). The molecule has 1 saturated carbocycles. The smallest absolute Gasteiger partial charge is 0.0125 e. The molecule has 0 amide bonds. The van der Waals surface area contributed by atoms with Crippen LogP contribution in [0.3, 0.4) is 0 Å². The first-order chi connectivity index (χ1) is 5.89. The average Bonchev–Trinajstić information content (AvgIpc) is 2.50. The van der Waals surface area contributed by atoms with Crippen LogP contribution in [0.5, 0.6) is 0 Å². The second kappa shape index (κ2) is 2.48. The third-order valence-electron chi connectivity index (χ3n) is 4.29. The highest BCUT2D eigenvalue weighted by Crippen LogP contribution is 2.62. The largest absolute Gasteiger partial charge is 0.330 e. The number of rotatable bonds is 1. The summed E-state index contributed by atoms with van der Waals surface area (Å²) in [5, 5.41) is 0. The predicted octanol–water partition coefficient (Wildman–Crippen LogP) is 1.31. The van der Waals surface area contributed by atoms with Crippen LogP contribution in [0.2, 0.25) is 0 Å². The van der Waals surface area contributed by atoms with Crippen molar-refractivity contribution in [3.8, 4) is 0 Å². The molecule has 1 aliphatic carbocycles. The normalized spacial score (nSPS) is 45.0. The van der Waals surface area contributed by atoms with Crippen molar-refractivity contribution in [3.63, 3.8) is 0 Å². The summed E-state index contributed by atoms with van der Waals surface area (Å²) in [7, 11) is 0. The van der Waals surface area contributed by atoms with Crippen molar-refractivity contribution in [3.05, 3.63) is 0 Å². The quantitative estimate of drug-likeness (QED) is 0.662. The van der Waals surface area contributed by atoms with Crippen LogP contribution >= 0.6 is 0 Å². The van der Waals surface area contributed by atoms with Gasteiger partial charge < -0.3 is 5.73 Å². The fourth-order valence-electron chi connectivity index (χ4n) is 2.84. The molecule has 2 nitrogen and oxygen atoms in total. The van der Waals surface area contributed by atoms with Gasteiger partial charge in [0.1, 0.15) is 0 Å². The lowest BCUT2D eigenvalue weighted by molar-refractivity contribution is 0.134. The first kappa shape index (κ1) is 9.47. The first-order valence-corrected chi connectivity index (χ1v) is 5.35. The monoisotopic (exact) mass is 182 g/mol. The van der Waals surface area contributed by atoms with E-state index in [-0.39, 0.29) is 0 Å².